The number of esters is 1. The molecule has 0 aliphatic heterocycles. The summed E-state index contributed by atoms with van der Waals surface area (Å²) >= 11 is 0. The van der Waals surface area contributed by atoms with Gasteiger partial charge in [-0.05, 0) is 86.5 Å². The third-order valence-electron chi connectivity index (χ3n) is 10.1. The van der Waals surface area contributed by atoms with E-state index in [0.717, 1.165) is 44.1 Å². The lowest BCUT2D eigenvalue weighted by Gasteiger charge is -2.57. The van der Waals surface area contributed by atoms with Gasteiger partial charge in [0.25, 0.3) is 0 Å². The van der Waals surface area contributed by atoms with Crippen LogP contribution in [0, 0.1) is 28.6 Å². The van der Waals surface area contributed by atoms with E-state index in [1.54, 1.807) is 0 Å². The van der Waals surface area contributed by atoms with Crippen LogP contribution < -0.4 is 5.32 Å². The van der Waals surface area contributed by atoms with Gasteiger partial charge in [-0.25, -0.2) is 0 Å². The average molecular weight is 498 g/mol. The standard InChI is InChI=1S/C30H43NO5/c1-17(31-19(3)32)7-10-26(34)18(2)28-27(35)16-25-23-9-8-21-15-22(36-20(4)33)11-13-29(21,5)24(23)12-14-30(25,28)6/h8,17,22-25H,7,9-16H2,1-6H3,(H,31,32)/b28-18+/t17-,22+,23-,24-,25-,29+,30+/m1/s1. The molecule has 3 fully saturated rings. The minimum atomic E-state index is -0.252. The van der Waals surface area contributed by atoms with Gasteiger partial charge in [-0.2, -0.15) is 0 Å². The van der Waals surface area contributed by atoms with E-state index in [-0.39, 0.29) is 52.3 Å². The Labute approximate surface area is 215 Å². The first kappa shape index (κ1) is 26.8. The summed E-state index contributed by atoms with van der Waals surface area (Å²) < 4.78 is 5.55. The zero-order chi connectivity index (χ0) is 26.4. The van der Waals surface area contributed by atoms with Gasteiger partial charge in [0.2, 0.25) is 5.91 Å². The van der Waals surface area contributed by atoms with Crippen LogP contribution in [0.4, 0.5) is 0 Å². The van der Waals surface area contributed by atoms with Crippen molar-refractivity contribution in [3.05, 3.63) is 22.8 Å². The van der Waals surface area contributed by atoms with E-state index in [9.17, 15) is 19.2 Å². The van der Waals surface area contributed by atoms with Crippen LogP contribution in [0.2, 0.25) is 0 Å². The van der Waals surface area contributed by atoms with E-state index in [1.165, 1.54) is 19.4 Å². The summed E-state index contributed by atoms with van der Waals surface area (Å²) in [6.45, 7) is 11.3. The van der Waals surface area contributed by atoms with Crippen LogP contribution in [-0.2, 0) is 23.9 Å². The molecule has 1 N–H and O–H groups in total. The highest BCUT2D eigenvalue weighted by Crippen LogP contribution is 2.65. The Morgan fingerprint density at radius 1 is 1.06 bits per heavy atom. The van der Waals surface area contributed by atoms with Gasteiger partial charge in [-0.15, -0.1) is 0 Å². The Bertz CT molecular complexity index is 1020. The summed E-state index contributed by atoms with van der Waals surface area (Å²) in [5, 5.41) is 2.83. The Kier molecular flexibility index (Phi) is 7.38. The van der Waals surface area contributed by atoms with Crippen LogP contribution in [0.1, 0.15) is 99.3 Å². The molecular formula is C30H43NO5. The van der Waals surface area contributed by atoms with E-state index in [0.29, 0.717) is 36.7 Å². The van der Waals surface area contributed by atoms with Gasteiger partial charge in [-0.3, -0.25) is 19.2 Å². The number of hydrogen-bond donors (Lipinski definition) is 1. The number of carbonyl (C=O) groups is 4. The predicted molar refractivity (Wildman–Crippen MR) is 138 cm³/mol. The first-order valence-electron chi connectivity index (χ1n) is 13.8. The number of hydrogen-bond acceptors (Lipinski definition) is 5. The molecule has 0 radical (unpaired) electrons. The van der Waals surface area contributed by atoms with E-state index in [1.807, 2.05) is 13.8 Å². The highest BCUT2D eigenvalue weighted by atomic mass is 16.5. The smallest absolute Gasteiger partial charge is 0.302 e. The quantitative estimate of drug-likeness (QED) is 0.308. The number of Topliss-reactive ketones (excluding diaryl/α,β-unsaturated/α-hetero) is 2. The van der Waals surface area contributed by atoms with Gasteiger partial charge in [0.05, 0.1) is 0 Å². The number of ketones is 2. The van der Waals surface area contributed by atoms with Crippen LogP contribution in [0.15, 0.2) is 22.8 Å². The number of fused-ring (bicyclic) bond motifs is 5. The van der Waals surface area contributed by atoms with Gasteiger partial charge in [0.15, 0.2) is 11.6 Å². The first-order valence-corrected chi connectivity index (χ1v) is 13.8. The first-order chi connectivity index (χ1) is 16.9. The fourth-order valence-corrected chi connectivity index (χ4v) is 8.32. The maximum absolute atomic E-state index is 13.4. The molecule has 0 heterocycles. The van der Waals surface area contributed by atoms with Crippen LogP contribution in [0.3, 0.4) is 0 Å². The van der Waals surface area contributed by atoms with Crippen molar-refractivity contribution < 1.29 is 23.9 Å². The molecule has 0 aromatic heterocycles. The van der Waals surface area contributed by atoms with Crippen LogP contribution >= 0.6 is 0 Å². The van der Waals surface area contributed by atoms with Gasteiger partial charge in [0.1, 0.15) is 6.10 Å². The molecule has 7 atom stereocenters. The Hall–Kier alpha value is -2.24. The molecule has 3 saturated carbocycles. The van der Waals surface area contributed by atoms with E-state index < -0.39 is 0 Å². The molecule has 6 nitrogen and oxygen atoms in total. The normalized spacial score (nSPS) is 37.6. The van der Waals surface area contributed by atoms with Crippen LogP contribution in [0.5, 0.6) is 0 Å². The number of amides is 1. The summed E-state index contributed by atoms with van der Waals surface area (Å²) in [5.41, 5.74) is 2.70. The maximum Gasteiger partial charge on any atom is 0.302 e. The lowest BCUT2D eigenvalue weighted by Crippen LogP contribution is -2.49. The molecule has 0 unspecified atom stereocenters. The van der Waals surface area contributed by atoms with Gasteiger partial charge in [0, 0.05) is 44.7 Å². The fraction of sp³-hybridized carbons (Fsp3) is 0.733. The van der Waals surface area contributed by atoms with Crippen molar-refractivity contribution in [3.63, 3.8) is 0 Å². The molecule has 0 aromatic rings. The molecule has 0 spiro atoms. The van der Waals surface area contributed by atoms with Gasteiger partial charge < -0.3 is 10.1 Å². The monoisotopic (exact) mass is 497 g/mol. The van der Waals surface area contributed by atoms with Crippen molar-refractivity contribution in [1.82, 2.24) is 5.32 Å². The third-order valence-corrected chi connectivity index (χ3v) is 10.1. The molecule has 1 amide bonds. The highest BCUT2D eigenvalue weighted by molar-refractivity contribution is 6.08. The molecule has 4 aliphatic rings. The zero-order valence-electron chi connectivity index (χ0n) is 22.9. The largest absolute Gasteiger partial charge is 0.462 e. The van der Waals surface area contributed by atoms with Gasteiger partial charge >= 0.3 is 5.97 Å². The van der Waals surface area contributed by atoms with Crippen molar-refractivity contribution in [2.45, 2.75) is 111 Å². The van der Waals surface area contributed by atoms with Gasteiger partial charge in [-0.1, -0.05) is 25.5 Å². The number of nitrogens with one attached hydrogen (secondary N) is 1. The fourth-order valence-electron chi connectivity index (χ4n) is 8.32. The summed E-state index contributed by atoms with van der Waals surface area (Å²) in [4.78, 5) is 49.4. The van der Waals surface area contributed by atoms with E-state index in [2.05, 4.69) is 25.2 Å². The van der Waals surface area contributed by atoms with E-state index in [4.69, 9.17) is 4.74 Å². The summed E-state index contributed by atoms with van der Waals surface area (Å²) in [7, 11) is 0. The number of carbonyl (C=O) groups excluding carboxylic acids is 4. The molecular weight excluding hydrogens is 454 g/mol. The Balaban J connectivity index is 1.54. The van der Waals surface area contributed by atoms with Crippen LogP contribution in [0.25, 0.3) is 0 Å². The molecule has 0 bridgehead atoms. The minimum Gasteiger partial charge on any atom is -0.462 e. The summed E-state index contributed by atoms with van der Waals surface area (Å²) in [6, 6.07) is -0.0674. The summed E-state index contributed by atoms with van der Waals surface area (Å²) in [6.07, 6.45) is 9.51. The number of allylic oxidation sites excluding steroid dienone is 3. The highest BCUT2D eigenvalue weighted by Gasteiger charge is 2.60. The van der Waals surface area contributed by atoms with Crippen molar-refractivity contribution in [2.24, 2.45) is 28.6 Å². The Morgan fingerprint density at radius 3 is 2.42 bits per heavy atom. The number of ether oxygens (including phenoxy) is 1. The second kappa shape index (κ2) is 9.90. The second-order valence-electron chi connectivity index (χ2n) is 12.4. The summed E-state index contributed by atoms with van der Waals surface area (Å²) in [5.74, 6) is 1.11. The molecule has 198 valence electrons. The zero-order valence-corrected chi connectivity index (χ0v) is 22.9. The number of rotatable bonds is 6. The molecule has 4 aliphatic carbocycles. The van der Waals surface area contributed by atoms with Crippen molar-refractivity contribution in [1.29, 1.82) is 0 Å². The van der Waals surface area contributed by atoms with Crippen molar-refractivity contribution in [2.75, 3.05) is 0 Å². The van der Waals surface area contributed by atoms with Crippen molar-refractivity contribution in [3.8, 4) is 0 Å². The lowest BCUT2D eigenvalue weighted by atomic mass is 9.47. The molecule has 0 aromatic carbocycles. The topological polar surface area (TPSA) is 89.5 Å². The maximum atomic E-state index is 13.4. The predicted octanol–water partition coefficient (Wildman–Crippen LogP) is 5.25. The third kappa shape index (κ3) is 4.72. The van der Waals surface area contributed by atoms with E-state index >= 15 is 0 Å². The molecule has 36 heavy (non-hydrogen) atoms. The molecule has 0 saturated heterocycles. The van der Waals surface area contributed by atoms with Crippen molar-refractivity contribution >= 4 is 23.4 Å². The minimum absolute atomic E-state index is 0.0168. The molecule has 6 heteroatoms. The Morgan fingerprint density at radius 2 is 1.75 bits per heavy atom. The van der Waals surface area contributed by atoms with Crippen LogP contribution in [-0.4, -0.2) is 35.6 Å². The SMILES string of the molecule is CC(=O)N[C@H](C)CCC(=O)/C(C)=C1\C(=O)C[C@@H]2[C@@H]3CC=C4C[C@@H](OC(C)=O)CC[C@]4(C)[C@@H]3CC[C@]12C. The second-order valence-corrected chi connectivity index (χ2v) is 12.4. The molecule has 4 rings (SSSR count). The average Bonchev–Trinajstić information content (AvgIpc) is 3.06. The lowest BCUT2D eigenvalue weighted by molar-refractivity contribution is -0.148.